The lowest BCUT2D eigenvalue weighted by molar-refractivity contribution is -0.140. The molecule has 0 heterocycles. The van der Waals surface area contributed by atoms with Crippen molar-refractivity contribution in [3.05, 3.63) is 89.2 Å². The van der Waals surface area contributed by atoms with Gasteiger partial charge in [-0.3, -0.25) is 13.9 Å². The Morgan fingerprint density at radius 1 is 0.976 bits per heavy atom. The Morgan fingerprint density at radius 3 is 2.17 bits per heavy atom. The molecule has 1 atom stereocenters. The van der Waals surface area contributed by atoms with E-state index in [1.165, 1.54) is 41.3 Å². The van der Waals surface area contributed by atoms with Crippen LogP contribution in [0.15, 0.2) is 77.7 Å². The van der Waals surface area contributed by atoms with Crippen LogP contribution in [0.5, 0.6) is 5.75 Å². The first-order chi connectivity index (χ1) is 19.5. The Morgan fingerprint density at radius 2 is 1.61 bits per heavy atom. The van der Waals surface area contributed by atoms with Gasteiger partial charge in [0, 0.05) is 17.6 Å². The van der Waals surface area contributed by atoms with Crippen molar-refractivity contribution in [2.24, 2.45) is 0 Å². The second-order valence-corrected chi connectivity index (χ2v) is 11.9. The molecule has 2 amide bonds. The second-order valence-electron chi connectivity index (χ2n) is 9.59. The maximum atomic E-state index is 14.0. The number of anilines is 1. The first-order valence-corrected chi connectivity index (χ1v) is 15.1. The van der Waals surface area contributed by atoms with Gasteiger partial charge in [-0.15, -0.1) is 0 Å². The summed E-state index contributed by atoms with van der Waals surface area (Å²) in [6.45, 7) is 6.94. The Bertz CT molecular complexity index is 1430. The van der Waals surface area contributed by atoms with Crippen LogP contribution >= 0.6 is 11.6 Å². The van der Waals surface area contributed by atoms with Gasteiger partial charge in [0.05, 0.1) is 17.2 Å². The van der Waals surface area contributed by atoms with E-state index in [0.29, 0.717) is 22.9 Å². The Labute approximate surface area is 246 Å². The number of carbonyl (C=O) groups is 2. The molecule has 41 heavy (non-hydrogen) atoms. The molecule has 0 fully saturated rings. The predicted molar refractivity (Wildman–Crippen MR) is 158 cm³/mol. The number of amides is 2. The molecule has 0 unspecified atom stereocenters. The number of carbonyl (C=O) groups excluding carboxylic acids is 2. The molecule has 3 aromatic carbocycles. The van der Waals surface area contributed by atoms with Crippen LogP contribution in [0.3, 0.4) is 0 Å². The third-order valence-corrected chi connectivity index (χ3v) is 8.39. The Hall–Kier alpha value is -3.63. The van der Waals surface area contributed by atoms with E-state index in [-0.39, 0.29) is 35.5 Å². The van der Waals surface area contributed by atoms with E-state index >= 15 is 0 Å². The molecule has 8 nitrogen and oxygen atoms in total. The topological polar surface area (TPSA) is 96.0 Å². The summed E-state index contributed by atoms with van der Waals surface area (Å²) in [5.41, 5.74) is 0.687. The predicted octanol–water partition coefficient (Wildman–Crippen LogP) is 5.41. The second kappa shape index (κ2) is 14.3. The number of nitrogens with zero attached hydrogens (tertiary/aromatic N) is 2. The van der Waals surface area contributed by atoms with Gasteiger partial charge in [0.15, 0.2) is 0 Å². The number of rotatable bonds is 13. The first-order valence-electron chi connectivity index (χ1n) is 13.3. The molecule has 11 heteroatoms. The van der Waals surface area contributed by atoms with Crippen LogP contribution < -0.4 is 14.4 Å². The summed E-state index contributed by atoms with van der Waals surface area (Å²) in [5.74, 6) is -1.07. The van der Waals surface area contributed by atoms with Crippen molar-refractivity contribution in [3.63, 3.8) is 0 Å². The molecule has 3 rings (SSSR count). The van der Waals surface area contributed by atoms with Crippen LogP contribution in [0.1, 0.15) is 39.7 Å². The average molecular weight is 604 g/mol. The maximum absolute atomic E-state index is 14.0. The molecule has 0 bridgehead atoms. The minimum absolute atomic E-state index is 0.0249. The van der Waals surface area contributed by atoms with Gasteiger partial charge in [-0.25, -0.2) is 12.8 Å². The summed E-state index contributed by atoms with van der Waals surface area (Å²) >= 11 is 6.40. The lowest BCUT2D eigenvalue weighted by Crippen LogP contribution is -2.53. The molecule has 0 aliphatic carbocycles. The van der Waals surface area contributed by atoms with Crippen molar-refractivity contribution in [3.8, 4) is 5.75 Å². The molecule has 0 saturated carbocycles. The summed E-state index contributed by atoms with van der Waals surface area (Å²) in [5, 5.41) is 3.25. The molecular formula is C30H35ClFN3O5S. The molecule has 1 N–H and O–H groups in total. The van der Waals surface area contributed by atoms with Gasteiger partial charge < -0.3 is 15.0 Å². The summed E-state index contributed by atoms with van der Waals surface area (Å²) in [7, 11) is -4.30. The van der Waals surface area contributed by atoms with Gasteiger partial charge >= 0.3 is 0 Å². The van der Waals surface area contributed by atoms with Gasteiger partial charge in [-0.05, 0) is 87.4 Å². The number of benzene rings is 3. The molecular weight excluding hydrogens is 569 g/mol. The SMILES string of the molecule is CCOc1ccc(S(=O)(=O)N(CC(=O)N(Cc2ccccc2Cl)[C@H](CC)C(=O)NC(C)C)c2ccc(F)cc2)cc1. The van der Waals surface area contributed by atoms with Gasteiger partial charge in [0.1, 0.15) is 24.2 Å². The fraction of sp³-hybridized carbons (Fsp3) is 0.333. The van der Waals surface area contributed by atoms with E-state index < -0.39 is 34.3 Å². The monoisotopic (exact) mass is 603 g/mol. The number of nitrogens with one attached hydrogen (secondary N) is 1. The third-order valence-electron chi connectivity index (χ3n) is 6.23. The summed E-state index contributed by atoms with van der Waals surface area (Å²) in [6.07, 6.45) is 0.275. The third kappa shape index (κ3) is 8.20. The zero-order valence-electron chi connectivity index (χ0n) is 23.5. The first kappa shape index (κ1) is 31.9. The fourth-order valence-electron chi connectivity index (χ4n) is 4.25. The number of hydrogen-bond donors (Lipinski definition) is 1. The highest BCUT2D eigenvalue weighted by Gasteiger charge is 2.34. The van der Waals surface area contributed by atoms with E-state index in [1.54, 1.807) is 31.2 Å². The lowest BCUT2D eigenvalue weighted by Gasteiger charge is -2.33. The fourth-order valence-corrected chi connectivity index (χ4v) is 5.86. The van der Waals surface area contributed by atoms with Crippen LogP contribution in [0.2, 0.25) is 5.02 Å². The number of halogens is 2. The Kier molecular flexibility index (Phi) is 11.1. The van der Waals surface area contributed by atoms with Crippen molar-refractivity contribution in [2.45, 2.75) is 57.6 Å². The molecule has 0 aliphatic heterocycles. The molecule has 220 valence electrons. The zero-order chi connectivity index (χ0) is 30.2. The molecule has 0 radical (unpaired) electrons. The minimum Gasteiger partial charge on any atom is -0.494 e. The van der Waals surface area contributed by atoms with E-state index in [0.717, 1.165) is 16.4 Å². The molecule has 0 saturated heterocycles. The van der Waals surface area contributed by atoms with Gasteiger partial charge in [-0.2, -0.15) is 0 Å². The Balaban J connectivity index is 2.06. The summed E-state index contributed by atoms with van der Waals surface area (Å²) in [4.78, 5) is 28.5. The summed E-state index contributed by atoms with van der Waals surface area (Å²) in [6, 6.07) is 16.5. The van der Waals surface area contributed by atoms with E-state index in [1.807, 2.05) is 20.8 Å². The molecule has 0 aliphatic rings. The van der Waals surface area contributed by atoms with Crippen LogP contribution in [0.4, 0.5) is 10.1 Å². The smallest absolute Gasteiger partial charge is 0.264 e. The van der Waals surface area contributed by atoms with Crippen molar-refractivity contribution < 1.29 is 27.1 Å². The van der Waals surface area contributed by atoms with E-state index in [2.05, 4.69) is 5.32 Å². The highest BCUT2D eigenvalue weighted by molar-refractivity contribution is 7.92. The van der Waals surface area contributed by atoms with Crippen molar-refractivity contribution in [2.75, 3.05) is 17.5 Å². The molecule has 0 spiro atoms. The normalized spacial score (nSPS) is 12.1. The van der Waals surface area contributed by atoms with Gasteiger partial charge in [-0.1, -0.05) is 36.7 Å². The van der Waals surface area contributed by atoms with E-state index in [4.69, 9.17) is 16.3 Å². The van der Waals surface area contributed by atoms with Crippen LogP contribution in [-0.2, 0) is 26.2 Å². The van der Waals surface area contributed by atoms with Crippen LogP contribution in [-0.4, -0.2) is 50.4 Å². The highest BCUT2D eigenvalue weighted by atomic mass is 35.5. The quantitative estimate of drug-likeness (QED) is 0.282. The lowest BCUT2D eigenvalue weighted by atomic mass is 10.1. The maximum Gasteiger partial charge on any atom is 0.264 e. The van der Waals surface area contributed by atoms with Crippen molar-refractivity contribution in [1.29, 1.82) is 0 Å². The number of sulfonamides is 1. The van der Waals surface area contributed by atoms with Gasteiger partial charge in [0.25, 0.3) is 10.0 Å². The van der Waals surface area contributed by atoms with Crippen molar-refractivity contribution >= 4 is 39.1 Å². The zero-order valence-corrected chi connectivity index (χ0v) is 25.1. The highest BCUT2D eigenvalue weighted by Crippen LogP contribution is 2.27. The van der Waals surface area contributed by atoms with Crippen molar-refractivity contribution in [1.82, 2.24) is 10.2 Å². The molecule has 0 aromatic heterocycles. The minimum atomic E-state index is -4.30. The van der Waals surface area contributed by atoms with E-state index in [9.17, 15) is 22.4 Å². The largest absolute Gasteiger partial charge is 0.494 e. The number of ether oxygens (including phenoxy) is 1. The molecule has 3 aromatic rings. The van der Waals surface area contributed by atoms with Gasteiger partial charge in [0.2, 0.25) is 11.8 Å². The average Bonchev–Trinajstić information content (AvgIpc) is 2.93. The number of hydrogen-bond acceptors (Lipinski definition) is 5. The van der Waals surface area contributed by atoms with Crippen LogP contribution in [0.25, 0.3) is 0 Å². The summed E-state index contributed by atoms with van der Waals surface area (Å²) < 4.78 is 47.9. The standard InChI is InChI=1S/C30H35ClFN3O5S/c1-5-28(30(37)33-21(3)4)34(19-22-9-7-8-10-27(22)31)29(36)20-35(24-13-11-23(32)12-14-24)41(38,39)26-17-15-25(16-18-26)40-6-2/h7-18,21,28H,5-6,19-20H2,1-4H3,(H,33,37)/t28-/m1/s1. The van der Waals surface area contributed by atoms with Crippen LogP contribution in [0, 0.1) is 5.82 Å².